The summed E-state index contributed by atoms with van der Waals surface area (Å²) in [7, 11) is 0. The van der Waals surface area contributed by atoms with E-state index in [1.165, 1.54) is 0 Å². The van der Waals surface area contributed by atoms with Gasteiger partial charge in [-0.1, -0.05) is 13.8 Å². The maximum Gasteiger partial charge on any atom is 0.289 e. The molecule has 3 rings (SSSR count). The van der Waals surface area contributed by atoms with Gasteiger partial charge in [0.2, 0.25) is 18.0 Å². The van der Waals surface area contributed by atoms with Crippen molar-refractivity contribution >= 4 is 23.5 Å². The van der Waals surface area contributed by atoms with Crippen LogP contribution in [0.2, 0.25) is 0 Å². The second-order valence-corrected chi connectivity index (χ2v) is 6.68. The minimum Gasteiger partial charge on any atom is -0.381 e. The second-order valence-electron chi connectivity index (χ2n) is 6.68. The van der Waals surface area contributed by atoms with E-state index in [4.69, 9.17) is 4.74 Å². The van der Waals surface area contributed by atoms with Gasteiger partial charge in [0.25, 0.3) is 5.91 Å². The highest BCUT2D eigenvalue weighted by Crippen LogP contribution is 2.19. The fourth-order valence-corrected chi connectivity index (χ4v) is 3.16. The maximum atomic E-state index is 13.9. The summed E-state index contributed by atoms with van der Waals surface area (Å²) < 4.78 is 19.2. The quantitative estimate of drug-likeness (QED) is 0.735. The van der Waals surface area contributed by atoms with E-state index in [2.05, 4.69) is 9.98 Å². The molecule has 7 nitrogen and oxygen atoms in total. The lowest BCUT2D eigenvalue weighted by atomic mass is 10.0. The number of aliphatic imine (C=N–C) groups is 2. The van der Waals surface area contributed by atoms with E-state index in [9.17, 15) is 14.0 Å². The minimum atomic E-state index is -1.74. The number of amides is 2. The van der Waals surface area contributed by atoms with Crippen LogP contribution in [0.3, 0.4) is 0 Å². The molecule has 3 heterocycles. The van der Waals surface area contributed by atoms with Crippen LogP contribution < -0.4 is 0 Å². The molecule has 0 aromatic carbocycles. The first kappa shape index (κ1) is 17.0. The van der Waals surface area contributed by atoms with Crippen LogP contribution in [0.4, 0.5) is 4.39 Å². The summed E-state index contributed by atoms with van der Waals surface area (Å²) in [4.78, 5) is 35.9. The molecule has 2 saturated heterocycles. The van der Waals surface area contributed by atoms with Gasteiger partial charge in [-0.15, -0.1) is 0 Å². The van der Waals surface area contributed by atoms with E-state index in [1.54, 1.807) is 0 Å². The first-order valence-corrected chi connectivity index (χ1v) is 8.44. The summed E-state index contributed by atoms with van der Waals surface area (Å²) in [6, 6.07) is 0. The summed E-state index contributed by atoms with van der Waals surface area (Å²) in [5.41, 5.74) is 0.228. The van der Waals surface area contributed by atoms with E-state index in [0.29, 0.717) is 39.4 Å². The van der Waals surface area contributed by atoms with Crippen molar-refractivity contribution in [1.29, 1.82) is 0 Å². The highest BCUT2D eigenvalue weighted by atomic mass is 19.1. The molecule has 0 saturated carbocycles. The van der Waals surface area contributed by atoms with Crippen LogP contribution >= 0.6 is 0 Å². The molecule has 0 spiro atoms. The number of hydrogen-bond donors (Lipinski definition) is 0. The first-order chi connectivity index (χ1) is 11.5. The lowest BCUT2D eigenvalue weighted by molar-refractivity contribution is -0.136. The zero-order valence-electron chi connectivity index (χ0n) is 14.1. The van der Waals surface area contributed by atoms with Crippen molar-refractivity contribution in [3.63, 3.8) is 0 Å². The Hall–Kier alpha value is -1.83. The Bertz CT molecular complexity index is 576. The van der Waals surface area contributed by atoms with Gasteiger partial charge in [-0.3, -0.25) is 9.59 Å². The van der Waals surface area contributed by atoms with Gasteiger partial charge in [-0.25, -0.2) is 9.38 Å². The van der Waals surface area contributed by atoms with Crippen molar-refractivity contribution in [2.24, 2.45) is 21.8 Å². The van der Waals surface area contributed by atoms with Crippen LogP contribution in [0.5, 0.6) is 0 Å². The van der Waals surface area contributed by atoms with Crippen LogP contribution in [-0.2, 0) is 14.3 Å². The fraction of sp³-hybridized carbons (Fsp3) is 0.750. The molecule has 132 valence electrons. The van der Waals surface area contributed by atoms with Crippen LogP contribution in [0.1, 0.15) is 20.3 Å². The molecule has 0 aliphatic carbocycles. The van der Waals surface area contributed by atoms with Crippen molar-refractivity contribution < 1.29 is 18.7 Å². The number of hydrogen-bond acceptors (Lipinski definition) is 5. The molecule has 0 aromatic rings. The molecule has 24 heavy (non-hydrogen) atoms. The molecule has 3 aliphatic rings. The third-order valence-electron chi connectivity index (χ3n) is 4.66. The molecule has 2 amide bonds. The van der Waals surface area contributed by atoms with Crippen molar-refractivity contribution in [1.82, 2.24) is 9.80 Å². The Balaban J connectivity index is 1.63. The van der Waals surface area contributed by atoms with E-state index >= 15 is 0 Å². The summed E-state index contributed by atoms with van der Waals surface area (Å²) in [5, 5.41) is 0. The number of halogens is 1. The Morgan fingerprint density at radius 1 is 1.25 bits per heavy atom. The standard InChI is InChI=1S/C16H23FN4O3/c1-10(2)13-12(17)14(22)19-16(18-13)21-6-4-20(5-7-21)15(23)11-3-8-24-9-11/h10-12H,3-9H2,1-2H3. The maximum absolute atomic E-state index is 13.9. The Kier molecular flexibility index (Phi) is 4.93. The number of ether oxygens (including phenoxy) is 1. The van der Waals surface area contributed by atoms with E-state index < -0.39 is 12.1 Å². The van der Waals surface area contributed by atoms with Gasteiger partial charge in [0.1, 0.15) is 0 Å². The fourth-order valence-electron chi connectivity index (χ4n) is 3.16. The zero-order valence-corrected chi connectivity index (χ0v) is 14.1. The van der Waals surface area contributed by atoms with E-state index in [1.807, 2.05) is 23.6 Å². The van der Waals surface area contributed by atoms with Crippen molar-refractivity contribution in [3.8, 4) is 0 Å². The average molecular weight is 338 g/mol. The number of carbonyl (C=O) groups is 2. The first-order valence-electron chi connectivity index (χ1n) is 8.44. The molecule has 2 atom stereocenters. The van der Waals surface area contributed by atoms with Crippen LogP contribution in [0.15, 0.2) is 9.98 Å². The number of rotatable bonds is 2. The van der Waals surface area contributed by atoms with Gasteiger partial charge in [0, 0.05) is 32.8 Å². The van der Waals surface area contributed by atoms with Crippen LogP contribution in [-0.4, -0.2) is 78.8 Å². The normalized spacial score (nSPS) is 28.2. The topological polar surface area (TPSA) is 74.6 Å². The minimum absolute atomic E-state index is 0.0389. The van der Waals surface area contributed by atoms with Gasteiger partial charge in [-0.05, 0) is 12.3 Å². The van der Waals surface area contributed by atoms with Gasteiger partial charge >= 0.3 is 0 Å². The number of piperazine rings is 1. The number of alkyl halides is 1. The molecule has 3 aliphatic heterocycles. The summed E-state index contributed by atoms with van der Waals surface area (Å²) in [5.74, 6) is -0.578. The molecule has 8 heteroatoms. The lowest BCUT2D eigenvalue weighted by Crippen LogP contribution is -2.53. The molecule has 0 radical (unpaired) electrons. The molecular formula is C16H23FN4O3. The third kappa shape index (κ3) is 3.33. The summed E-state index contributed by atoms with van der Waals surface area (Å²) >= 11 is 0. The number of carbonyl (C=O) groups excluding carboxylic acids is 2. The highest BCUT2D eigenvalue weighted by Gasteiger charge is 2.34. The van der Waals surface area contributed by atoms with Gasteiger partial charge in [0.15, 0.2) is 0 Å². The Labute approximate surface area is 140 Å². The Morgan fingerprint density at radius 2 is 1.96 bits per heavy atom. The smallest absolute Gasteiger partial charge is 0.289 e. The second kappa shape index (κ2) is 6.96. The van der Waals surface area contributed by atoms with Gasteiger partial charge < -0.3 is 14.5 Å². The predicted octanol–water partition coefficient (Wildman–Crippen LogP) is 0.498. The van der Waals surface area contributed by atoms with Crippen molar-refractivity contribution in [2.45, 2.75) is 26.4 Å². The van der Waals surface area contributed by atoms with E-state index in [-0.39, 0.29) is 29.4 Å². The van der Waals surface area contributed by atoms with Gasteiger partial charge in [-0.2, -0.15) is 4.99 Å². The molecule has 0 aromatic heterocycles. The third-order valence-corrected chi connectivity index (χ3v) is 4.66. The monoisotopic (exact) mass is 338 g/mol. The largest absolute Gasteiger partial charge is 0.381 e. The number of guanidine groups is 1. The summed E-state index contributed by atoms with van der Waals surface area (Å²) in [6.07, 6.45) is -0.959. The molecule has 2 unspecified atom stereocenters. The van der Waals surface area contributed by atoms with Crippen molar-refractivity contribution in [3.05, 3.63) is 0 Å². The van der Waals surface area contributed by atoms with Gasteiger partial charge in [0.05, 0.1) is 18.2 Å². The SMILES string of the molecule is CC(C)C1=NC(N2CCN(C(=O)C3CCOC3)CC2)=NC(=O)C1F. The predicted molar refractivity (Wildman–Crippen MR) is 86.7 cm³/mol. The summed E-state index contributed by atoms with van der Waals surface area (Å²) in [6.45, 7) is 6.94. The van der Waals surface area contributed by atoms with Crippen molar-refractivity contribution in [2.75, 3.05) is 39.4 Å². The molecule has 0 N–H and O–H groups in total. The van der Waals surface area contributed by atoms with E-state index in [0.717, 1.165) is 6.42 Å². The lowest BCUT2D eigenvalue weighted by Gasteiger charge is -2.37. The zero-order chi connectivity index (χ0) is 17.3. The van der Waals surface area contributed by atoms with Crippen LogP contribution in [0, 0.1) is 11.8 Å². The average Bonchev–Trinajstić information content (AvgIpc) is 3.11. The highest BCUT2D eigenvalue weighted by molar-refractivity contribution is 6.18. The van der Waals surface area contributed by atoms with Crippen LogP contribution in [0.25, 0.3) is 0 Å². The Morgan fingerprint density at radius 3 is 2.54 bits per heavy atom. The molecule has 0 bridgehead atoms. The molecular weight excluding hydrogens is 315 g/mol. The molecule has 2 fully saturated rings. The number of nitrogens with zero attached hydrogens (tertiary/aromatic N) is 4.